The molecule has 4 heteroatoms. The Kier molecular flexibility index (Phi) is 7.44. The SMILES string of the molecule is Nc1ccc(Oc2ccccc2-c2cccc(-c3cccc4cc5ccccc5cc34)c2-c2ccccc2Oc2cccc(N)c2)cc1. The van der Waals surface area contributed by atoms with Crippen LogP contribution in [0.25, 0.3) is 54.9 Å². The summed E-state index contributed by atoms with van der Waals surface area (Å²) in [7, 11) is 0. The zero-order valence-electron chi connectivity index (χ0n) is 26.1. The number of para-hydroxylation sites is 2. The quantitative estimate of drug-likeness (QED) is 0.137. The lowest BCUT2D eigenvalue weighted by molar-refractivity contribution is 0.484. The van der Waals surface area contributed by atoms with E-state index in [1.165, 1.54) is 21.5 Å². The van der Waals surface area contributed by atoms with Crippen molar-refractivity contribution >= 4 is 32.9 Å². The van der Waals surface area contributed by atoms with Crippen LogP contribution in [0.15, 0.2) is 170 Å². The fraction of sp³-hybridized carbons (Fsp3) is 0. The van der Waals surface area contributed by atoms with Gasteiger partial charge in [-0.25, -0.2) is 0 Å². The molecule has 0 saturated carbocycles. The monoisotopic (exact) mass is 620 g/mol. The number of hydrogen-bond donors (Lipinski definition) is 2. The Morgan fingerprint density at radius 1 is 0.333 bits per heavy atom. The maximum absolute atomic E-state index is 6.59. The van der Waals surface area contributed by atoms with Crippen molar-refractivity contribution in [3.05, 3.63) is 170 Å². The minimum Gasteiger partial charge on any atom is -0.457 e. The van der Waals surface area contributed by atoms with Crippen LogP contribution in [0.4, 0.5) is 11.4 Å². The Morgan fingerprint density at radius 3 is 1.65 bits per heavy atom. The molecule has 8 aromatic carbocycles. The number of hydrogen-bond acceptors (Lipinski definition) is 4. The molecular weight excluding hydrogens is 588 g/mol. The Morgan fingerprint density at radius 2 is 0.875 bits per heavy atom. The molecule has 0 aliphatic rings. The number of nitrogens with two attached hydrogens (primary N) is 2. The van der Waals surface area contributed by atoms with Gasteiger partial charge in [0.2, 0.25) is 0 Å². The number of benzene rings is 8. The number of anilines is 2. The molecule has 8 aromatic rings. The second-order valence-electron chi connectivity index (χ2n) is 11.8. The predicted octanol–water partition coefficient (Wildman–Crippen LogP) is 11.7. The third-order valence-electron chi connectivity index (χ3n) is 8.63. The first kappa shape index (κ1) is 28.9. The molecule has 4 N–H and O–H groups in total. The lowest BCUT2D eigenvalue weighted by Gasteiger charge is -2.21. The largest absolute Gasteiger partial charge is 0.457 e. The summed E-state index contributed by atoms with van der Waals surface area (Å²) in [4.78, 5) is 0. The van der Waals surface area contributed by atoms with Gasteiger partial charge in [-0.1, -0.05) is 103 Å². The third-order valence-corrected chi connectivity index (χ3v) is 8.63. The van der Waals surface area contributed by atoms with Gasteiger partial charge in [0.15, 0.2) is 0 Å². The van der Waals surface area contributed by atoms with Crippen molar-refractivity contribution in [1.82, 2.24) is 0 Å². The maximum Gasteiger partial charge on any atom is 0.135 e. The lowest BCUT2D eigenvalue weighted by atomic mass is 9.85. The minimum atomic E-state index is 0.641. The molecule has 0 aromatic heterocycles. The first-order chi connectivity index (χ1) is 23.6. The van der Waals surface area contributed by atoms with Gasteiger partial charge < -0.3 is 20.9 Å². The summed E-state index contributed by atoms with van der Waals surface area (Å²) in [6.07, 6.45) is 0. The normalized spacial score (nSPS) is 11.1. The Labute approximate surface area is 279 Å². The minimum absolute atomic E-state index is 0.641. The van der Waals surface area contributed by atoms with Crippen LogP contribution in [0, 0.1) is 0 Å². The van der Waals surface area contributed by atoms with E-state index in [1.54, 1.807) is 0 Å². The molecule has 0 fully saturated rings. The first-order valence-electron chi connectivity index (χ1n) is 15.9. The van der Waals surface area contributed by atoms with E-state index in [9.17, 15) is 0 Å². The highest BCUT2D eigenvalue weighted by atomic mass is 16.5. The molecule has 0 aliphatic heterocycles. The van der Waals surface area contributed by atoms with Gasteiger partial charge in [-0.15, -0.1) is 0 Å². The molecule has 0 heterocycles. The van der Waals surface area contributed by atoms with Gasteiger partial charge >= 0.3 is 0 Å². The zero-order chi connectivity index (χ0) is 32.5. The summed E-state index contributed by atoms with van der Waals surface area (Å²) in [6, 6.07) is 57.4. The third kappa shape index (κ3) is 5.57. The molecule has 48 heavy (non-hydrogen) atoms. The van der Waals surface area contributed by atoms with Gasteiger partial charge in [-0.2, -0.15) is 0 Å². The van der Waals surface area contributed by atoms with Gasteiger partial charge in [-0.3, -0.25) is 0 Å². The molecule has 0 saturated heterocycles. The number of nitrogen functional groups attached to an aromatic ring is 2. The Bertz CT molecular complexity index is 2430. The first-order valence-corrected chi connectivity index (χ1v) is 15.9. The van der Waals surface area contributed by atoms with Crippen molar-refractivity contribution in [2.45, 2.75) is 0 Å². The summed E-state index contributed by atoms with van der Waals surface area (Å²) in [6.45, 7) is 0. The Balaban J connectivity index is 1.39. The van der Waals surface area contributed by atoms with Crippen LogP contribution in [0.3, 0.4) is 0 Å². The zero-order valence-corrected chi connectivity index (χ0v) is 26.1. The van der Waals surface area contributed by atoms with Crippen molar-refractivity contribution in [2.24, 2.45) is 0 Å². The molecule has 0 amide bonds. The number of fused-ring (bicyclic) bond motifs is 2. The summed E-state index contributed by atoms with van der Waals surface area (Å²) in [5.74, 6) is 2.84. The lowest BCUT2D eigenvalue weighted by Crippen LogP contribution is -1.96. The Hall–Kier alpha value is -6.52. The number of ether oxygens (including phenoxy) is 2. The van der Waals surface area contributed by atoms with E-state index in [4.69, 9.17) is 20.9 Å². The van der Waals surface area contributed by atoms with Crippen molar-refractivity contribution in [1.29, 1.82) is 0 Å². The van der Waals surface area contributed by atoms with Crippen molar-refractivity contribution < 1.29 is 9.47 Å². The van der Waals surface area contributed by atoms with E-state index in [0.717, 1.165) is 44.9 Å². The van der Waals surface area contributed by atoms with Crippen LogP contribution in [0.5, 0.6) is 23.0 Å². The molecule has 230 valence electrons. The van der Waals surface area contributed by atoms with Crippen molar-refractivity contribution in [3.8, 4) is 56.4 Å². The van der Waals surface area contributed by atoms with E-state index in [-0.39, 0.29) is 0 Å². The molecule has 0 radical (unpaired) electrons. The summed E-state index contributed by atoms with van der Waals surface area (Å²) in [5.41, 5.74) is 19.6. The average molecular weight is 621 g/mol. The predicted molar refractivity (Wildman–Crippen MR) is 200 cm³/mol. The van der Waals surface area contributed by atoms with Crippen LogP contribution in [0.2, 0.25) is 0 Å². The number of rotatable bonds is 7. The van der Waals surface area contributed by atoms with Crippen molar-refractivity contribution in [3.63, 3.8) is 0 Å². The summed E-state index contributed by atoms with van der Waals surface area (Å²) >= 11 is 0. The summed E-state index contributed by atoms with van der Waals surface area (Å²) in [5, 5.41) is 4.77. The maximum atomic E-state index is 6.59. The second kappa shape index (κ2) is 12.3. The molecule has 0 aliphatic carbocycles. The van der Waals surface area contributed by atoms with Gasteiger partial charge in [0.05, 0.1) is 0 Å². The van der Waals surface area contributed by atoms with Crippen molar-refractivity contribution in [2.75, 3.05) is 11.5 Å². The highest BCUT2D eigenvalue weighted by molar-refractivity contribution is 6.08. The molecule has 4 nitrogen and oxygen atoms in total. The molecule has 0 atom stereocenters. The smallest absolute Gasteiger partial charge is 0.135 e. The fourth-order valence-electron chi connectivity index (χ4n) is 6.40. The van der Waals surface area contributed by atoms with E-state index in [1.807, 2.05) is 78.9 Å². The standard InChI is InChI=1S/C44H32N2O2/c45-32-22-24-34(25-23-32)47-42-20-5-3-15-37(42)39-19-9-18-38(36-17-7-12-31-26-29-10-1-2-11-30(29)27-41(31)36)44(39)40-16-4-6-21-43(40)48-35-14-8-13-33(46)28-35/h1-28H,45-46H2. The average Bonchev–Trinajstić information content (AvgIpc) is 3.12. The van der Waals surface area contributed by atoms with E-state index < -0.39 is 0 Å². The van der Waals surface area contributed by atoms with Gasteiger partial charge in [0, 0.05) is 34.1 Å². The fourth-order valence-corrected chi connectivity index (χ4v) is 6.40. The molecule has 0 bridgehead atoms. The van der Waals surface area contributed by atoms with Gasteiger partial charge in [0.1, 0.15) is 23.0 Å². The molecule has 0 spiro atoms. The van der Waals surface area contributed by atoms with Crippen LogP contribution in [-0.4, -0.2) is 0 Å². The van der Waals surface area contributed by atoms with E-state index in [0.29, 0.717) is 22.9 Å². The van der Waals surface area contributed by atoms with Gasteiger partial charge in [-0.05, 0) is 98.9 Å². The molecular formula is C44H32N2O2. The van der Waals surface area contributed by atoms with Crippen LogP contribution in [0.1, 0.15) is 0 Å². The molecule has 8 rings (SSSR count). The molecule has 0 unspecified atom stereocenters. The van der Waals surface area contributed by atoms with E-state index >= 15 is 0 Å². The van der Waals surface area contributed by atoms with E-state index in [2.05, 4.69) is 91.0 Å². The second-order valence-corrected chi connectivity index (χ2v) is 11.8. The van der Waals surface area contributed by atoms with Gasteiger partial charge in [0.25, 0.3) is 0 Å². The van der Waals surface area contributed by atoms with Crippen LogP contribution in [-0.2, 0) is 0 Å². The topological polar surface area (TPSA) is 70.5 Å². The summed E-state index contributed by atoms with van der Waals surface area (Å²) < 4.78 is 13.1. The van der Waals surface area contributed by atoms with Crippen LogP contribution >= 0.6 is 0 Å². The highest BCUT2D eigenvalue weighted by Crippen LogP contribution is 2.48. The highest BCUT2D eigenvalue weighted by Gasteiger charge is 2.21. The van der Waals surface area contributed by atoms with Crippen LogP contribution < -0.4 is 20.9 Å².